The maximum atomic E-state index is 8.82. The molecule has 0 aliphatic carbocycles. The molecule has 1 nitrogen and oxygen atoms in total. The Labute approximate surface area is 120 Å². The van der Waals surface area contributed by atoms with Gasteiger partial charge in [-0.25, -0.2) is 0 Å². The quantitative estimate of drug-likeness (QED) is 0.619. The molecule has 20 heavy (non-hydrogen) atoms. The second-order valence-electron chi connectivity index (χ2n) is 2.82. The minimum absolute atomic E-state index is 0.688. The van der Waals surface area contributed by atoms with Crippen LogP contribution in [0.2, 0.25) is 0 Å². The summed E-state index contributed by atoms with van der Waals surface area (Å²) in [5, 5.41) is 8.82. The summed E-state index contributed by atoms with van der Waals surface area (Å²) in [6.45, 7) is 3.25. The van der Waals surface area contributed by atoms with E-state index in [2.05, 4.69) is 94.7 Å². The monoisotopic (exact) mass is 252 g/mol. The molecule has 0 aromatic carbocycles. The summed E-state index contributed by atoms with van der Waals surface area (Å²) >= 11 is 0. The fourth-order valence-corrected chi connectivity index (χ4v) is 0.578. The zero-order valence-electron chi connectivity index (χ0n) is 11.0. The lowest BCUT2D eigenvalue weighted by molar-refractivity contribution is 0.253. The Morgan fingerprint density at radius 3 is 1.15 bits per heavy atom. The number of aliphatic hydroxyl groups excluding tert-OH is 1. The molecule has 1 unspecified atom stereocenters. The lowest BCUT2D eigenvalue weighted by Crippen LogP contribution is -1.91. The molecule has 0 spiro atoms. The van der Waals surface area contributed by atoms with Gasteiger partial charge in [-0.2, -0.15) is 0 Å². The van der Waals surface area contributed by atoms with E-state index in [1.54, 1.807) is 13.8 Å². The molecule has 1 atom stereocenters. The van der Waals surface area contributed by atoms with Crippen molar-refractivity contribution in [1.29, 1.82) is 0 Å². The van der Waals surface area contributed by atoms with E-state index in [1.165, 1.54) is 0 Å². The van der Waals surface area contributed by atoms with Crippen LogP contribution in [-0.4, -0.2) is 11.2 Å². The number of aliphatic hydroxyl groups is 1. The Morgan fingerprint density at radius 1 is 0.550 bits per heavy atom. The molecule has 0 aromatic rings. The van der Waals surface area contributed by atoms with E-state index < -0.39 is 6.10 Å². The predicted molar refractivity (Wildman–Crippen MR) is 79.6 cm³/mol. The first-order valence-corrected chi connectivity index (χ1v) is 5.37. The molecule has 0 aliphatic rings. The van der Waals surface area contributed by atoms with Crippen molar-refractivity contribution in [2.45, 2.75) is 20.0 Å². The minimum Gasteiger partial charge on any atom is -0.381 e. The highest BCUT2D eigenvalue weighted by atomic mass is 16.3. The van der Waals surface area contributed by atoms with Crippen molar-refractivity contribution in [2.24, 2.45) is 0 Å². The zero-order chi connectivity index (χ0) is 14.9. The molecule has 0 aliphatic heterocycles. The Balaban J connectivity index is 4.31. The lowest BCUT2D eigenvalue weighted by atomic mass is 10.4. The highest BCUT2D eigenvalue weighted by Crippen LogP contribution is 1.70. The molecule has 1 heteroatoms. The SMILES string of the molecule is CC#CC#CC#CC#CC#CC#CC#CC#CC(C)O. The van der Waals surface area contributed by atoms with E-state index in [4.69, 9.17) is 5.11 Å². The van der Waals surface area contributed by atoms with Crippen LogP contribution in [0.1, 0.15) is 13.8 Å². The Hall–Kier alpha value is -3.56. The predicted octanol–water partition coefficient (Wildman–Crippen LogP) is 0.414. The maximum absolute atomic E-state index is 8.82. The standard InChI is InChI=1S/C19H8O/c1-3-4-5-6-7-8-9-10-11-12-13-14-15-16-17-18-19(2)20/h19-20H,1-2H3. The molecule has 0 saturated heterocycles. The van der Waals surface area contributed by atoms with Crippen molar-refractivity contribution in [3.63, 3.8) is 0 Å². The average molecular weight is 252 g/mol. The molecular formula is C19H8O. The molecule has 0 fully saturated rings. The lowest BCUT2D eigenvalue weighted by Gasteiger charge is -1.82. The highest BCUT2D eigenvalue weighted by Gasteiger charge is 1.78. The Bertz CT molecular complexity index is 824. The van der Waals surface area contributed by atoms with Crippen LogP contribution in [0.4, 0.5) is 0 Å². The molecule has 0 aromatic heterocycles. The normalized spacial score (nSPS) is 6.35. The van der Waals surface area contributed by atoms with Gasteiger partial charge in [0.2, 0.25) is 0 Å². The van der Waals surface area contributed by atoms with Gasteiger partial charge in [0.25, 0.3) is 0 Å². The summed E-state index contributed by atoms with van der Waals surface area (Å²) in [4.78, 5) is 0. The second-order valence-corrected chi connectivity index (χ2v) is 2.82. The van der Waals surface area contributed by atoms with E-state index in [0.717, 1.165) is 0 Å². The highest BCUT2D eigenvalue weighted by molar-refractivity contribution is 5.45. The van der Waals surface area contributed by atoms with Crippen molar-refractivity contribution in [2.75, 3.05) is 0 Å². The van der Waals surface area contributed by atoms with Gasteiger partial charge >= 0.3 is 0 Å². The second kappa shape index (κ2) is 13.5. The van der Waals surface area contributed by atoms with Crippen LogP contribution in [0.25, 0.3) is 0 Å². The van der Waals surface area contributed by atoms with Crippen LogP contribution in [0.5, 0.6) is 0 Å². The van der Waals surface area contributed by atoms with Crippen LogP contribution >= 0.6 is 0 Å². The molecule has 0 rings (SSSR count). The van der Waals surface area contributed by atoms with Crippen LogP contribution in [-0.2, 0) is 0 Å². The van der Waals surface area contributed by atoms with E-state index >= 15 is 0 Å². The smallest absolute Gasteiger partial charge is 0.112 e. The summed E-state index contributed by atoms with van der Waals surface area (Å²) in [6.07, 6.45) is -0.688. The van der Waals surface area contributed by atoms with Gasteiger partial charge in [0.1, 0.15) is 6.10 Å². The number of rotatable bonds is 0. The largest absolute Gasteiger partial charge is 0.381 e. The van der Waals surface area contributed by atoms with Gasteiger partial charge in [-0.05, 0) is 96.7 Å². The van der Waals surface area contributed by atoms with Crippen LogP contribution < -0.4 is 0 Å². The summed E-state index contributed by atoms with van der Waals surface area (Å²) in [6, 6.07) is 0. The van der Waals surface area contributed by atoms with E-state index in [9.17, 15) is 0 Å². The van der Waals surface area contributed by atoms with Gasteiger partial charge < -0.3 is 5.11 Å². The fraction of sp³-hybridized carbons (Fsp3) is 0.158. The first kappa shape index (κ1) is 16.4. The molecule has 1 N–H and O–H groups in total. The summed E-state index contributed by atoms with van der Waals surface area (Å²) in [5.41, 5.74) is 0. The van der Waals surface area contributed by atoms with Crippen molar-refractivity contribution >= 4 is 0 Å². The first-order chi connectivity index (χ1) is 9.77. The summed E-state index contributed by atoms with van der Waals surface area (Å²) in [7, 11) is 0. The van der Waals surface area contributed by atoms with Crippen LogP contribution in [0.15, 0.2) is 0 Å². The van der Waals surface area contributed by atoms with Crippen molar-refractivity contribution in [1.82, 2.24) is 0 Å². The molecule has 0 heterocycles. The molecular weight excluding hydrogens is 244 g/mol. The van der Waals surface area contributed by atoms with Gasteiger partial charge in [0.05, 0.1) is 0 Å². The number of hydrogen-bond donors (Lipinski definition) is 1. The van der Waals surface area contributed by atoms with Crippen LogP contribution in [0.3, 0.4) is 0 Å². The van der Waals surface area contributed by atoms with Gasteiger partial charge in [-0.1, -0.05) is 11.8 Å². The minimum atomic E-state index is -0.688. The molecule has 90 valence electrons. The fourth-order valence-electron chi connectivity index (χ4n) is 0.578. The van der Waals surface area contributed by atoms with E-state index in [-0.39, 0.29) is 0 Å². The van der Waals surface area contributed by atoms with Crippen LogP contribution in [0, 0.1) is 94.7 Å². The average Bonchev–Trinajstić information content (AvgIpc) is 2.43. The van der Waals surface area contributed by atoms with Crippen molar-refractivity contribution in [3.8, 4) is 94.7 Å². The zero-order valence-corrected chi connectivity index (χ0v) is 11.0. The summed E-state index contributed by atoms with van der Waals surface area (Å²) in [5.74, 6) is 40.0. The van der Waals surface area contributed by atoms with Gasteiger partial charge in [-0.3, -0.25) is 0 Å². The topological polar surface area (TPSA) is 20.2 Å². The van der Waals surface area contributed by atoms with Gasteiger partial charge in [-0.15, -0.1) is 0 Å². The van der Waals surface area contributed by atoms with E-state index in [0.29, 0.717) is 0 Å². The van der Waals surface area contributed by atoms with Crippen molar-refractivity contribution in [3.05, 3.63) is 0 Å². The third-order valence-electron chi connectivity index (χ3n) is 1.22. The summed E-state index contributed by atoms with van der Waals surface area (Å²) < 4.78 is 0. The molecule has 0 amide bonds. The molecule has 0 saturated carbocycles. The van der Waals surface area contributed by atoms with Gasteiger partial charge in [0.15, 0.2) is 0 Å². The molecule has 0 radical (unpaired) electrons. The number of hydrogen-bond acceptors (Lipinski definition) is 1. The van der Waals surface area contributed by atoms with Crippen molar-refractivity contribution < 1.29 is 5.11 Å². The van der Waals surface area contributed by atoms with E-state index in [1.807, 2.05) is 0 Å². The maximum Gasteiger partial charge on any atom is 0.112 e. The molecule has 0 bridgehead atoms. The Morgan fingerprint density at radius 2 is 0.850 bits per heavy atom. The third kappa shape index (κ3) is 14.4. The Kier molecular flexibility index (Phi) is 11.1. The third-order valence-corrected chi connectivity index (χ3v) is 1.22. The first-order valence-electron chi connectivity index (χ1n) is 5.37. The van der Waals surface area contributed by atoms with Gasteiger partial charge in [0, 0.05) is 0 Å².